The van der Waals surface area contributed by atoms with E-state index in [1.54, 1.807) is 0 Å². The van der Waals surface area contributed by atoms with Crippen molar-refractivity contribution in [2.45, 2.75) is 31.1 Å². The van der Waals surface area contributed by atoms with E-state index in [2.05, 4.69) is 28.2 Å². The summed E-state index contributed by atoms with van der Waals surface area (Å²) < 4.78 is 0. The number of rotatable bonds is 2. The zero-order chi connectivity index (χ0) is 7.72. The lowest BCUT2D eigenvalue weighted by Gasteiger charge is -2.03. The first-order chi connectivity index (χ1) is 4.61. The highest BCUT2D eigenvalue weighted by Gasteiger charge is 2.34. The molecule has 2 nitrogen and oxygen atoms in total. The molecule has 58 valence electrons. The van der Waals surface area contributed by atoms with Crippen molar-refractivity contribution in [1.29, 1.82) is 0 Å². The number of alkyl halides is 1. The second kappa shape index (κ2) is 2.91. The highest BCUT2D eigenvalue weighted by molar-refractivity contribution is 9.10. The molecule has 10 heavy (non-hydrogen) atoms. The Bertz CT molecular complexity index is 147. The van der Waals surface area contributed by atoms with Crippen LogP contribution in [0.2, 0.25) is 0 Å². The minimum atomic E-state index is -0.0553. The first-order valence-electron chi connectivity index (χ1n) is 3.55. The van der Waals surface area contributed by atoms with Crippen LogP contribution in [0.4, 0.5) is 0 Å². The minimum Gasteiger partial charge on any atom is -0.352 e. The van der Waals surface area contributed by atoms with Crippen LogP contribution < -0.4 is 5.32 Å². The van der Waals surface area contributed by atoms with Gasteiger partial charge in [-0.25, -0.2) is 0 Å². The Morgan fingerprint density at radius 3 is 2.60 bits per heavy atom. The molecule has 3 unspecified atom stereocenters. The first kappa shape index (κ1) is 8.05. The molecule has 0 aromatic carbocycles. The molecule has 0 radical (unpaired) electrons. The maximum atomic E-state index is 11.0. The summed E-state index contributed by atoms with van der Waals surface area (Å²) in [5, 5.41) is 2.92. The van der Waals surface area contributed by atoms with Crippen LogP contribution in [0, 0.1) is 5.92 Å². The van der Waals surface area contributed by atoms with E-state index in [4.69, 9.17) is 0 Å². The van der Waals surface area contributed by atoms with E-state index in [-0.39, 0.29) is 10.7 Å². The Kier molecular flexibility index (Phi) is 2.34. The Hall–Kier alpha value is -0.0500. The Morgan fingerprint density at radius 2 is 2.30 bits per heavy atom. The van der Waals surface area contributed by atoms with Crippen LogP contribution in [0.25, 0.3) is 0 Å². The third-order valence-corrected chi connectivity index (χ3v) is 2.21. The van der Waals surface area contributed by atoms with E-state index >= 15 is 0 Å². The van der Waals surface area contributed by atoms with Crippen LogP contribution in [-0.2, 0) is 4.79 Å². The van der Waals surface area contributed by atoms with Crippen LogP contribution >= 0.6 is 15.9 Å². The fourth-order valence-electron chi connectivity index (χ4n) is 0.821. The maximum Gasteiger partial charge on any atom is 0.233 e. The fraction of sp³-hybridized carbons (Fsp3) is 0.857. The van der Waals surface area contributed by atoms with Gasteiger partial charge in [0.15, 0.2) is 0 Å². The third-order valence-electron chi connectivity index (χ3n) is 1.80. The molecule has 1 aliphatic rings. The molecule has 0 saturated heterocycles. The maximum absolute atomic E-state index is 11.0. The van der Waals surface area contributed by atoms with Crippen molar-refractivity contribution >= 4 is 21.8 Å². The molecule has 1 N–H and O–H groups in total. The second-order valence-corrected chi connectivity index (χ2v) is 4.32. The zero-order valence-corrected chi connectivity index (χ0v) is 7.81. The summed E-state index contributed by atoms with van der Waals surface area (Å²) in [5.74, 6) is 0.796. The summed E-state index contributed by atoms with van der Waals surface area (Å²) >= 11 is 3.20. The molecule has 1 fully saturated rings. The van der Waals surface area contributed by atoms with Crippen molar-refractivity contribution in [2.75, 3.05) is 0 Å². The Balaban J connectivity index is 2.20. The molecule has 1 saturated carbocycles. The van der Waals surface area contributed by atoms with Gasteiger partial charge in [-0.3, -0.25) is 4.79 Å². The molecule has 3 atom stereocenters. The van der Waals surface area contributed by atoms with E-state index in [9.17, 15) is 4.79 Å². The lowest BCUT2D eigenvalue weighted by molar-refractivity contribution is -0.120. The summed E-state index contributed by atoms with van der Waals surface area (Å²) in [4.78, 5) is 10.9. The minimum absolute atomic E-state index is 0.0553. The number of nitrogens with one attached hydrogen (secondary N) is 1. The summed E-state index contributed by atoms with van der Waals surface area (Å²) in [7, 11) is 0. The van der Waals surface area contributed by atoms with Gasteiger partial charge in [-0.1, -0.05) is 22.9 Å². The van der Waals surface area contributed by atoms with E-state index in [0.29, 0.717) is 12.0 Å². The van der Waals surface area contributed by atoms with Crippen LogP contribution in [0.15, 0.2) is 0 Å². The van der Waals surface area contributed by atoms with E-state index in [1.807, 2.05) is 6.92 Å². The molecule has 0 bridgehead atoms. The van der Waals surface area contributed by atoms with Crippen molar-refractivity contribution in [3.63, 3.8) is 0 Å². The van der Waals surface area contributed by atoms with Crippen molar-refractivity contribution in [2.24, 2.45) is 5.92 Å². The molecule has 1 aliphatic carbocycles. The van der Waals surface area contributed by atoms with Crippen LogP contribution in [0.5, 0.6) is 0 Å². The second-order valence-electron chi connectivity index (χ2n) is 2.94. The monoisotopic (exact) mass is 205 g/mol. The standard InChI is InChI=1S/C7H12BrNO/c1-4-3-6(4)9-7(10)5(2)8/h4-6H,3H2,1-2H3,(H,9,10). The summed E-state index contributed by atoms with van der Waals surface area (Å²) in [6.45, 7) is 3.98. The van der Waals surface area contributed by atoms with Crippen molar-refractivity contribution < 1.29 is 4.79 Å². The van der Waals surface area contributed by atoms with Crippen molar-refractivity contribution in [1.82, 2.24) is 5.32 Å². The Labute approximate surface area is 69.5 Å². The number of carbonyl (C=O) groups is 1. The number of halogens is 1. The quantitative estimate of drug-likeness (QED) is 0.677. The summed E-state index contributed by atoms with van der Waals surface area (Å²) in [5.41, 5.74) is 0. The first-order valence-corrected chi connectivity index (χ1v) is 4.47. The molecular weight excluding hydrogens is 194 g/mol. The normalized spacial score (nSPS) is 33.1. The van der Waals surface area contributed by atoms with E-state index in [0.717, 1.165) is 6.42 Å². The average Bonchev–Trinajstić information content (AvgIpc) is 2.46. The number of hydrogen-bond acceptors (Lipinski definition) is 1. The van der Waals surface area contributed by atoms with Crippen LogP contribution in [-0.4, -0.2) is 16.8 Å². The topological polar surface area (TPSA) is 29.1 Å². The Morgan fingerprint density at radius 1 is 1.80 bits per heavy atom. The smallest absolute Gasteiger partial charge is 0.233 e. The van der Waals surface area contributed by atoms with Gasteiger partial charge in [0.2, 0.25) is 5.91 Å². The molecular formula is C7H12BrNO. The van der Waals surface area contributed by atoms with Gasteiger partial charge in [-0.05, 0) is 19.3 Å². The fourth-order valence-corrected chi connectivity index (χ4v) is 0.953. The molecule has 1 amide bonds. The van der Waals surface area contributed by atoms with Gasteiger partial charge in [0, 0.05) is 6.04 Å². The molecule has 0 aliphatic heterocycles. The van der Waals surface area contributed by atoms with Gasteiger partial charge in [0.05, 0.1) is 4.83 Å². The van der Waals surface area contributed by atoms with Crippen molar-refractivity contribution in [3.8, 4) is 0 Å². The lowest BCUT2D eigenvalue weighted by atomic mass is 10.4. The summed E-state index contributed by atoms with van der Waals surface area (Å²) in [6.07, 6.45) is 1.14. The van der Waals surface area contributed by atoms with Crippen molar-refractivity contribution in [3.05, 3.63) is 0 Å². The average molecular weight is 206 g/mol. The molecule has 0 heterocycles. The van der Waals surface area contributed by atoms with E-state index < -0.39 is 0 Å². The van der Waals surface area contributed by atoms with Gasteiger partial charge in [-0.15, -0.1) is 0 Å². The molecule has 0 aromatic rings. The predicted molar refractivity (Wildman–Crippen MR) is 44.1 cm³/mol. The largest absolute Gasteiger partial charge is 0.352 e. The highest BCUT2D eigenvalue weighted by atomic mass is 79.9. The summed E-state index contributed by atoms with van der Waals surface area (Å²) in [6, 6.07) is 0.451. The molecule has 0 spiro atoms. The van der Waals surface area contributed by atoms with Gasteiger partial charge < -0.3 is 5.32 Å². The van der Waals surface area contributed by atoms with Gasteiger partial charge >= 0.3 is 0 Å². The SMILES string of the molecule is CC(Br)C(=O)NC1CC1C. The van der Waals surface area contributed by atoms with Gasteiger partial charge in [0.1, 0.15) is 0 Å². The third kappa shape index (κ3) is 1.97. The molecule has 1 rings (SSSR count). The predicted octanol–water partition coefficient (Wildman–Crippen LogP) is 1.29. The van der Waals surface area contributed by atoms with E-state index in [1.165, 1.54) is 0 Å². The number of amides is 1. The zero-order valence-electron chi connectivity index (χ0n) is 6.23. The number of hydrogen-bond donors (Lipinski definition) is 1. The lowest BCUT2D eigenvalue weighted by Crippen LogP contribution is -2.31. The van der Waals surface area contributed by atoms with Gasteiger partial charge in [-0.2, -0.15) is 0 Å². The molecule has 0 aromatic heterocycles. The van der Waals surface area contributed by atoms with Crippen LogP contribution in [0.1, 0.15) is 20.3 Å². The van der Waals surface area contributed by atoms with Crippen LogP contribution in [0.3, 0.4) is 0 Å². The van der Waals surface area contributed by atoms with Gasteiger partial charge in [0.25, 0.3) is 0 Å². The molecule has 3 heteroatoms. The number of carbonyl (C=O) groups excluding carboxylic acids is 1. The highest BCUT2D eigenvalue weighted by Crippen LogP contribution is 2.29.